The topological polar surface area (TPSA) is 52.3 Å². The molecule has 0 spiro atoms. The van der Waals surface area contributed by atoms with Crippen LogP contribution in [-0.2, 0) is 11.2 Å². The van der Waals surface area contributed by atoms with Crippen molar-refractivity contribution in [2.45, 2.75) is 27.2 Å². The first-order valence-corrected chi connectivity index (χ1v) is 5.48. The summed E-state index contributed by atoms with van der Waals surface area (Å²) in [7, 11) is 0. The second-order valence-electron chi connectivity index (χ2n) is 2.96. The van der Waals surface area contributed by atoms with Crippen LogP contribution in [0.15, 0.2) is 0 Å². The SMILES string of the molecule is CCOC(=O)c1c(N)sc(CC)c1C. The van der Waals surface area contributed by atoms with Gasteiger partial charge in [0.1, 0.15) is 5.00 Å². The molecule has 0 aliphatic rings. The first kappa shape index (κ1) is 11.0. The first-order valence-electron chi connectivity index (χ1n) is 4.66. The van der Waals surface area contributed by atoms with Gasteiger partial charge in [-0.25, -0.2) is 4.79 Å². The van der Waals surface area contributed by atoms with Gasteiger partial charge in [-0.15, -0.1) is 11.3 Å². The van der Waals surface area contributed by atoms with Crippen molar-refractivity contribution >= 4 is 22.3 Å². The molecule has 0 amide bonds. The molecule has 4 heteroatoms. The zero-order valence-electron chi connectivity index (χ0n) is 8.72. The van der Waals surface area contributed by atoms with Crippen LogP contribution in [0.2, 0.25) is 0 Å². The highest BCUT2D eigenvalue weighted by molar-refractivity contribution is 7.16. The molecule has 0 saturated carbocycles. The Balaban J connectivity index is 3.07. The highest BCUT2D eigenvalue weighted by Crippen LogP contribution is 2.31. The van der Waals surface area contributed by atoms with E-state index in [1.807, 2.05) is 13.8 Å². The Hall–Kier alpha value is -1.03. The molecule has 0 unspecified atom stereocenters. The average molecular weight is 213 g/mol. The quantitative estimate of drug-likeness (QED) is 0.784. The van der Waals surface area contributed by atoms with Crippen molar-refractivity contribution < 1.29 is 9.53 Å². The molecule has 0 saturated heterocycles. The molecule has 1 heterocycles. The van der Waals surface area contributed by atoms with Crippen molar-refractivity contribution in [2.24, 2.45) is 0 Å². The Morgan fingerprint density at radius 1 is 1.50 bits per heavy atom. The highest BCUT2D eigenvalue weighted by atomic mass is 32.1. The molecule has 1 rings (SSSR count). The second-order valence-corrected chi connectivity index (χ2v) is 4.10. The minimum atomic E-state index is -0.307. The van der Waals surface area contributed by atoms with Crippen molar-refractivity contribution in [3.05, 3.63) is 16.0 Å². The van der Waals surface area contributed by atoms with Crippen molar-refractivity contribution in [3.8, 4) is 0 Å². The summed E-state index contributed by atoms with van der Waals surface area (Å²) in [4.78, 5) is 12.7. The number of thiophene rings is 1. The van der Waals surface area contributed by atoms with Crippen molar-refractivity contribution in [1.82, 2.24) is 0 Å². The summed E-state index contributed by atoms with van der Waals surface area (Å²) in [6, 6.07) is 0. The molecule has 0 aliphatic carbocycles. The molecular weight excluding hydrogens is 198 g/mol. The summed E-state index contributed by atoms with van der Waals surface area (Å²) in [6.07, 6.45) is 0.903. The van der Waals surface area contributed by atoms with Gasteiger partial charge in [0.05, 0.1) is 12.2 Å². The van der Waals surface area contributed by atoms with E-state index < -0.39 is 0 Å². The van der Waals surface area contributed by atoms with Crippen LogP contribution in [0.1, 0.15) is 34.6 Å². The van der Waals surface area contributed by atoms with Crippen LogP contribution < -0.4 is 5.73 Å². The van der Waals surface area contributed by atoms with Crippen LogP contribution in [0.4, 0.5) is 5.00 Å². The molecule has 1 aromatic heterocycles. The summed E-state index contributed by atoms with van der Waals surface area (Å²) in [6.45, 7) is 6.14. The predicted molar refractivity (Wildman–Crippen MR) is 58.8 cm³/mol. The number of carbonyl (C=O) groups is 1. The molecule has 1 aromatic rings. The van der Waals surface area contributed by atoms with Crippen molar-refractivity contribution in [1.29, 1.82) is 0 Å². The van der Waals surface area contributed by atoms with Crippen LogP contribution >= 0.6 is 11.3 Å². The third-order valence-electron chi connectivity index (χ3n) is 2.07. The van der Waals surface area contributed by atoms with Crippen LogP contribution in [0.25, 0.3) is 0 Å². The lowest BCUT2D eigenvalue weighted by Gasteiger charge is -2.02. The lowest BCUT2D eigenvalue weighted by molar-refractivity contribution is 0.0527. The van der Waals surface area contributed by atoms with E-state index in [1.165, 1.54) is 11.3 Å². The van der Waals surface area contributed by atoms with E-state index in [4.69, 9.17) is 10.5 Å². The zero-order valence-corrected chi connectivity index (χ0v) is 9.53. The number of anilines is 1. The molecule has 14 heavy (non-hydrogen) atoms. The molecule has 0 aliphatic heterocycles. The fourth-order valence-electron chi connectivity index (χ4n) is 1.38. The number of nitrogen functional groups attached to an aromatic ring is 1. The molecule has 0 fully saturated rings. The number of rotatable bonds is 3. The number of nitrogens with two attached hydrogens (primary N) is 1. The van der Waals surface area contributed by atoms with Gasteiger partial charge < -0.3 is 10.5 Å². The van der Waals surface area contributed by atoms with E-state index in [2.05, 4.69) is 0 Å². The van der Waals surface area contributed by atoms with Gasteiger partial charge in [-0.3, -0.25) is 0 Å². The number of aryl methyl sites for hydroxylation is 1. The monoisotopic (exact) mass is 213 g/mol. The summed E-state index contributed by atoms with van der Waals surface area (Å²) in [5, 5.41) is 0.567. The average Bonchev–Trinajstić information content (AvgIpc) is 2.41. The van der Waals surface area contributed by atoms with Gasteiger partial charge in [0.25, 0.3) is 0 Å². The molecule has 0 atom stereocenters. The Labute approximate surface area is 87.9 Å². The fraction of sp³-hybridized carbons (Fsp3) is 0.500. The molecule has 2 N–H and O–H groups in total. The Bertz CT molecular complexity index is 344. The van der Waals surface area contributed by atoms with E-state index in [0.29, 0.717) is 17.2 Å². The lowest BCUT2D eigenvalue weighted by atomic mass is 10.1. The standard InChI is InChI=1S/C10H15NO2S/c1-4-7-6(3)8(9(11)14-7)10(12)13-5-2/h4-5,11H2,1-3H3. The van der Waals surface area contributed by atoms with Crippen molar-refractivity contribution in [3.63, 3.8) is 0 Å². The molecular formula is C10H15NO2S. The van der Waals surface area contributed by atoms with Gasteiger partial charge >= 0.3 is 5.97 Å². The smallest absolute Gasteiger partial charge is 0.341 e. The van der Waals surface area contributed by atoms with Gasteiger partial charge in [-0.05, 0) is 25.8 Å². The second kappa shape index (κ2) is 4.46. The maximum atomic E-state index is 11.5. The Morgan fingerprint density at radius 3 is 2.57 bits per heavy atom. The normalized spacial score (nSPS) is 10.2. The van der Waals surface area contributed by atoms with Gasteiger partial charge in [-0.2, -0.15) is 0 Å². The third kappa shape index (κ3) is 1.90. The highest BCUT2D eigenvalue weighted by Gasteiger charge is 2.19. The summed E-state index contributed by atoms with van der Waals surface area (Å²) >= 11 is 1.47. The maximum Gasteiger partial charge on any atom is 0.341 e. The van der Waals surface area contributed by atoms with Gasteiger partial charge in [0.2, 0.25) is 0 Å². The maximum absolute atomic E-state index is 11.5. The van der Waals surface area contributed by atoms with Crippen LogP contribution in [0.5, 0.6) is 0 Å². The first-order chi connectivity index (χ1) is 6.61. The number of esters is 1. The van der Waals surface area contributed by atoms with Crippen molar-refractivity contribution in [2.75, 3.05) is 12.3 Å². The lowest BCUT2D eigenvalue weighted by Crippen LogP contribution is -2.07. The predicted octanol–water partition coefficient (Wildman–Crippen LogP) is 2.38. The Morgan fingerprint density at radius 2 is 2.14 bits per heavy atom. The minimum Gasteiger partial charge on any atom is -0.462 e. The summed E-state index contributed by atoms with van der Waals surface area (Å²) in [5.74, 6) is -0.307. The van der Waals surface area contributed by atoms with Gasteiger partial charge in [0.15, 0.2) is 0 Å². The van der Waals surface area contributed by atoms with Crippen LogP contribution in [-0.4, -0.2) is 12.6 Å². The number of hydrogen-bond donors (Lipinski definition) is 1. The largest absolute Gasteiger partial charge is 0.462 e. The third-order valence-corrected chi connectivity index (χ3v) is 3.34. The van der Waals surface area contributed by atoms with Crippen LogP contribution in [0.3, 0.4) is 0 Å². The minimum absolute atomic E-state index is 0.307. The Kier molecular flexibility index (Phi) is 3.52. The molecule has 0 aromatic carbocycles. The fourth-order valence-corrected chi connectivity index (χ4v) is 2.38. The number of carbonyl (C=O) groups excluding carboxylic acids is 1. The summed E-state index contributed by atoms with van der Waals surface area (Å²) in [5.41, 5.74) is 7.28. The van der Waals surface area contributed by atoms with Gasteiger partial charge in [0, 0.05) is 4.88 Å². The zero-order chi connectivity index (χ0) is 10.7. The van der Waals surface area contributed by atoms with E-state index >= 15 is 0 Å². The summed E-state index contributed by atoms with van der Waals surface area (Å²) < 4.78 is 4.94. The molecule has 3 nitrogen and oxygen atoms in total. The molecule has 0 radical (unpaired) electrons. The molecule has 78 valence electrons. The molecule has 0 bridgehead atoms. The van der Waals surface area contributed by atoms with E-state index in [9.17, 15) is 4.79 Å². The van der Waals surface area contributed by atoms with E-state index in [-0.39, 0.29) is 5.97 Å². The van der Waals surface area contributed by atoms with Crippen LogP contribution in [0, 0.1) is 6.92 Å². The number of ether oxygens (including phenoxy) is 1. The number of hydrogen-bond acceptors (Lipinski definition) is 4. The van der Waals surface area contributed by atoms with Gasteiger partial charge in [-0.1, -0.05) is 6.92 Å². The van der Waals surface area contributed by atoms with E-state index in [1.54, 1.807) is 6.92 Å². The van der Waals surface area contributed by atoms with E-state index in [0.717, 1.165) is 16.9 Å².